The van der Waals surface area contributed by atoms with Crippen molar-refractivity contribution in [3.8, 4) is 0 Å². The summed E-state index contributed by atoms with van der Waals surface area (Å²) in [6.45, 7) is 1.25. The smallest absolute Gasteiger partial charge is 0.254 e. The Bertz CT molecular complexity index is 725. The molecule has 1 aromatic heterocycles. The molecular weight excluding hydrogens is 326 g/mol. The van der Waals surface area contributed by atoms with E-state index in [1.807, 2.05) is 12.1 Å². The number of benzene rings is 1. The monoisotopic (exact) mass is 345 g/mol. The fourth-order valence-electron chi connectivity index (χ4n) is 3.10. The predicted molar refractivity (Wildman–Crippen MR) is 94.4 cm³/mol. The summed E-state index contributed by atoms with van der Waals surface area (Å²) in [4.78, 5) is 18.4. The highest BCUT2D eigenvalue weighted by Gasteiger charge is 2.35. The topological polar surface area (TPSA) is 65.5 Å². The Hall–Kier alpha value is -2.11. The number of nitrogens with zero attached hydrogens (tertiary/aromatic N) is 2. The Labute approximate surface area is 146 Å². The molecule has 0 radical (unpaired) electrons. The molecule has 0 saturated carbocycles. The van der Waals surface area contributed by atoms with Crippen LogP contribution in [0.2, 0.25) is 5.02 Å². The molecule has 0 unspecified atom stereocenters. The van der Waals surface area contributed by atoms with E-state index in [0.717, 1.165) is 5.56 Å². The van der Waals surface area contributed by atoms with E-state index in [1.165, 1.54) is 0 Å². The average Bonchev–Trinajstić information content (AvgIpc) is 2.62. The van der Waals surface area contributed by atoms with Gasteiger partial charge in [-0.15, -0.1) is 0 Å². The molecule has 24 heavy (non-hydrogen) atoms. The van der Waals surface area contributed by atoms with Crippen LogP contribution in [0, 0.1) is 0 Å². The standard InChI is InChI=1S/C18H20ClN3O2/c1-20-17(23)15-3-2-10-21-16(15)22-11-8-18(24,9-12-22)13-4-6-14(19)7-5-13/h2-7,10,24H,8-9,11-12H2,1H3,(H,20,23). The molecule has 2 N–H and O–H groups in total. The SMILES string of the molecule is CNC(=O)c1cccnc1N1CCC(O)(c2ccc(Cl)cc2)CC1. The number of piperidine rings is 1. The van der Waals surface area contributed by atoms with Crippen molar-refractivity contribution in [1.82, 2.24) is 10.3 Å². The van der Waals surface area contributed by atoms with E-state index in [-0.39, 0.29) is 5.91 Å². The van der Waals surface area contributed by atoms with Crippen LogP contribution < -0.4 is 10.2 Å². The van der Waals surface area contributed by atoms with Crippen LogP contribution in [-0.2, 0) is 5.60 Å². The van der Waals surface area contributed by atoms with Gasteiger partial charge in [-0.25, -0.2) is 4.98 Å². The lowest BCUT2D eigenvalue weighted by Gasteiger charge is -2.39. The third-order valence-electron chi connectivity index (χ3n) is 4.53. The number of carbonyl (C=O) groups is 1. The van der Waals surface area contributed by atoms with Gasteiger partial charge >= 0.3 is 0 Å². The summed E-state index contributed by atoms with van der Waals surface area (Å²) in [7, 11) is 1.61. The molecule has 1 aliphatic heterocycles. The van der Waals surface area contributed by atoms with Gasteiger partial charge in [0.05, 0.1) is 11.2 Å². The Balaban J connectivity index is 1.78. The number of rotatable bonds is 3. The lowest BCUT2D eigenvalue weighted by molar-refractivity contribution is 0.0116. The number of hydrogen-bond donors (Lipinski definition) is 2. The summed E-state index contributed by atoms with van der Waals surface area (Å²) < 4.78 is 0. The Morgan fingerprint density at radius 3 is 2.54 bits per heavy atom. The number of hydrogen-bond acceptors (Lipinski definition) is 4. The van der Waals surface area contributed by atoms with Crippen LogP contribution in [0.15, 0.2) is 42.6 Å². The predicted octanol–water partition coefficient (Wildman–Crippen LogP) is 2.58. The summed E-state index contributed by atoms with van der Waals surface area (Å²) in [6.07, 6.45) is 2.82. The Morgan fingerprint density at radius 1 is 1.25 bits per heavy atom. The van der Waals surface area contributed by atoms with E-state index in [1.54, 1.807) is 37.5 Å². The van der Waals surface area contributed by atoms with Gasteiger partial charge in [0.1, 0.15) is 5.82 Å². The summed E-state index contributed by atoms with van der Waals surface area (Å²) in [6, 6.07) is 10.8. The second-order valence-corrected chi connectivity index (χ2v) is 6.42. The minimum atomic E-state index is -0.872. The maximum atomic E-state index is 12.0. The normalized spacial score (nSPS) is 16.7. The van der Waals surface area contributed by atoms with Gasteiger partial charge in [0.25, 0.3) is 5.91 Å². The largest absolute Gasteiger partial charge is 0.385 e. The zero-order valence-electron chi connectivity index (χ0n) is 13.5. The fourth-order valence-corrected chi connectivity index (χ4v) is 3.22. The third-order valence-corrected chi connectivity index (χ3v) is 4.78. The van der Waals surface area contributed by atoms with Gasteiger partial charge in [-0.2, -0.15) is 0 Å². The van der Waals surface area contributed by atoms with E-state index in [4.69, 9.17) is 11.6 Å². The van der Waals surface area contributed by atoms with Crippen LogP contribution in [0.1, 0.15) is 28.8 Å². The third kappa shape index (κ3) is 3.23. The van der Waals surface area contributed by atoms with Gasteiger partial charge in [0, 0.05) is 31.4 Å². The molecule has 1 amide bonds. The van der Waals surface area contributed by atoms with E-state index >= 15 is 0 Å². The van der Waals surface area contributed by atoms with Gasteiger partial charge in [-0.1, -0.05) is 23.7 Å². The Morgan fingerprint density at radius 2 is 1.92 bits per heavy atom. The van der Waals surface area contributed by atoms with E-state index in [0.29, 0.717) is 42.3 Å². The van der Waals surface area contributed by atoms with Crippen LogP contribution in [0.4, 0.5) is 5.82 Å². The van der Waals surface area contributed by atoms with Crippen LogP contribution in [0.5, 0.6) is 0 Å². The highest BCUT2D eigenvalue weighted by Crippen LogP contribution is 2.35. The summed E-state index contributed by atoms with van der Waals surface area (Å²) in [5.41, 5.74) is 0.555. The number of aliphatic hydroxyl groups is 1. The van der Waals surface area contributed by atoms with Gasteiger partial charge in [-0.3, -0.25) is 4.79 Å². The van der Waals surface area contributed by atoms with E-state index in [2.05, 4.69) is 15.2 Å². The number of nitrogens with one attached hydrogen (secondary N) is 1. The highest BCUT2D eigenvalue weighted by molar-refractivity contribution is 6.30. The van der Waals surface area contributed by atoms with Crippen molar-refractivity contribution in [3.05, 3.63) is 58.7 Å². The molecule has 3 rings (SSSR count). The molecule has 6 heteroatoms. The number of anilines is 1. The lowest BCUT2D eigenvalue weighted by Crippen LogP contribution is -2.43. The summed E-state index contributed by atoms with van der Waals surface area (Å²) >= 11 is 5.92. The molecule has 0 atom stereocenters. The van der Waals surface area contributed by atoms with E-state index < -0.39 is 5.60 Å². The first-order chi connectivity index (χ1) is 11.5. The van der Waals surface area contributed by atoms with Crippen molar-refractivity contribution in [1.29, 1.82) is 0 Å². The summed E-state index contributed by atoms with van der Waals surface area (Å²) in [5.74, 6) is 0.506. The van der Waals surface area contributed by atoms with Gasteiger partial charge in [0.15, 0.2) is 0 Å². The molecule has 126 valence electrons. The van der Waals surface area contributed by atoms with Gasteiger partial charge in [0.2, 0.25) is 0 Å². The van der Waals surface area contributed by atoms with Crippen LogP contribution >= 0.6 is 11.6 Å². The summed E-state index contributed by atoms with van der Waals surface area (Å²) in [5, 5.41) is 14.3. The zero-order valence-corrected chi connectivity index (χ0v) is 14.3. The first-order valence-electron chi connectivity index (χ1n) is 7.94. The minimum Gasteiger partial charge on any atom is -0.385 e. The van der Waals surface area contributed by atoms with Gasteiger partial charge < -0.3 is 15.3 Å². The molecule has 0 bridgehead atoms. The van der Waals surface area contributed by atoms with Gasteiger partial charge in [-0.05, 0) is 42.7 Å². The van der Waals surface area contributed by atoms with Crippen molar-refractivity contribution in [3.63, 3.8) is 0 Å². The molecule has 1 aromatic carbocycles. The number of pyridine rings is 1. The minimum absolute atomic E-state index is 0.156. The quantitative estimate of drug-likeness (QED) is 0.897. The fraction of sp³-hybridized carbons (Fsp3) is 0.333. The molecule has 2 aromatic rings. The van der Waals surface area contributed by atoms with Crippen molar-refractivity contribution in [2.75, 3.05) is 25.0 Å². The average molecular weight is 346 g/mol. The lowest BCUT2D eigenvalue weighted by atomic mass is 9.84. The molecule has 0 aliphatic carbocycles. The van der Waals surface area contributed by atoms with Crippen LogP contribution in [0.3, 0.4) is 0 Å². The van der Waals surface area contributed by atoms with Crippen LogP contribution in [0.25, 0.3) is 0 Å². The van der Waals surface area contributed by atoms with Crippen molar-refractivity contribution >= 4 is 23.3 Å². The number of carbonyl (C=O) groups excluding carboxylic acids is 1. The highest BCUT2D eigenvalue weighted by atomic mass is 35.5. The molecule has 2 heterocycles. The zero-order chi connectivity index (χ0) is 17.2. The maximum Gasteiger partial charge on any atom is 0.254 e. The molecule has 1 fully saturated rings. The molecule has 1 aliphatic rings. The van der Waals surface area contributed by atoms with Crippen molar-refractivity contribution in [2.24, 2.45) is 0 Å². The molecule has 1 saturated heterocycles. The number of aromatic nitrogens is 1. The van der Waals surface area contributed by atoms with Crippen molar-refractivity contribution < 1.29 is 9.90 Å². The molecule has 0 spiro atoms. The van der Waals surface area contributed by atoms with Crippen LogP contribution in [-0.4, -0.2) is 36.1 Å². The Kier molecular flexibility index (Phi) is 4.73. The van der Waals surface area contributed by atoms with E-state index in [9.17, 15) is 9.90 Å². The number of amides is 1. The second kappa shape index (κ2) is 6.79. The second-order valence-electron chi connectivity index (χ2n) is 5.98. The molecular formula is C18H20ClN3O2. The van der Waals surface area contributed by atoms with Crippen molar-refractivity contribution in [2.45, 2.75) is 18.4 Å². The first-order valence-corrected chi connectivity index (χ1v) is 8.32. The number of halogens is 1. The molecule has 5 nitrogen and oxygen atoms in total. The maximum absolute atomic E-state index is 12.0. The first kappa shape index (κ1) is 16.7.